The van der Waals surface area contributed by atoms with E-state index >= 15 is 0 Å². The van der Waals surface area contributed by atoms with E-state index < -0.39 is 0 Å². The van der Waals surface area contributed by atoms with Crippen molar-refractivity contribution in [1.29, 1.82) is 0 Å². The van der Waals surface area contributed by atoms with Crippen LogP contribution in [-0.4, -0.2) is 42.0 Å². The second kappa shape index (κ2) is 9.86. The van der Waals surface area contributed by atoms with Crippen LogP contribution in [0.15, 0.2) is 68.1 Å². The number of hydrogen-bond donors (Lipinski definition) is 1. The number of aromatic amines is 1. The van der Waals surface area contributed by atoms with Gasteiger partial charge in [-0.05, 0) is 61.1 Å². The first-order chi connectivity index (χ1) is 18.0. The number of aryl methyl sites for hydroxylation is 1. The second-order valence-corrected chi connectivity index (χ2v) is 10.9. The predicted octanol–water partition coefficient (Wildman–Crippen LogP) is 4.67. The topological polar surface area (TPSA) is 95.7 Å². The molecule has 1 amide bonds. The van der Waals surface area contributed by atoms with Gasteiger partial charge in [-0.1, -0.05) is 52.0 Å². The Morgan fingerprint density at radius 1 is 1.08 bits per heavy atom. The number of fused-ring (bicyclic) bond motifs is 3. The molecule has 2 aliphatic rings. The summed E-state index contributed by atoms with van der Waals surface area (Å²) < 4.78 is 16.4. The average Bonchev–Trinajstić information content (AvgIpc) is 3.53. The molecule has 0 fully saturated rings. The monoisotopic (exact) mass is 580 g/mol. The molecule has 1 aliphatic heterocycles. The molecule has 0 saturated carbocycles. The Morgan fingerprint density at radius 2 is 1.84 bits per heavy atom. The van der Waals surface area contributed by atoms with Crippen LogP contribution >= 0.6 is 27.7 Å². The van der Waals surface area contributed by atoms with Crippen molar-refractivity contribution in [2.24, 2.45) is 5.10 Å². The first kappa shape index (κ1) is 24.1. The number of amides is 1. The first-order valence-corrected chi connectivity index (χ1v) is 13.8. The van der Waals surface area contributed by atoms with Gasteiger partial charge in [0.25, 0.3) is 11.5 Å². The van der Waals surface area contributed by atoms with Crippen LogP contribution < -0.4 is 5.56 Å². The van der Waals surface area contributed by atoms with Gasteiger partial charge in [0.2, 0.25) is 5.78 Å². The van der Waals surface area contributed by atoms with E-state index in [1.165, 1.54) is 28.9 Å². The maximum atomic E-state index is 13.6. The number of nitrogens with zero attached hydrogens (tertiary/aromatic N) is 5. The molecular weight excluding hydrogens is 559 g/mol. The molecule has 0 saturated heterocycles. The normalized spacial score (nSPS) is 17.2. The molecule has 2 aromatic carbocycles. The number of carbonyl (C=O) groups is 1. The maximum Gasteiger partial charge on any atom is 0.255 e. The molecule has 1 atom stereocenters. The number of halogens is 2. The summed E-state index contributed by atoms with van der Waals surface area (Å²) >= 11 is 4.72. The van der Waals surface area contributed by atoms with Crippen LogP contribution in [0.4, 0.5) is 4.39 Å². The van der Waals surface area contributed by atoms with E-state index in [1.807, 2.05) is 28.7 Å². The van der Waals surface area contributed by atoms with Gasteiger partial charge in [0.15, 0.2) is 5.16 Å². The van der Waals surface area contributed by atoms with E-state index in [0.29, 0.717) is 17.4 Å². The summed E-state index contributed by atoms with van der Waals surface area (Å²) in [6.07, 6.45) is 3.99. The van der Waals surface area contributed by atoms with E-state index in [4.69, 9.17) is 5.10 Å². The highest BCUT2D eigenvalue weighted by atomic mass is 79.9. The molecule has 11 heteroatoms. The minimum absolute atomic E-state index is 0.0868. The molecule has 2 aromatic heterocycles. The highest BCUT2D eigenvalue weighted by molar-refractivity contribution is 9.10. The van der Waals surface area contributed by atoms with Gasteiger partial charge in [-0.25, -0.2) is 9.40 Å². The molecule has 1 unspecified atom stereocenters. The van der Waals surface area contributed by atoms with Crippen LogP contribution in [0.2, 0.25) is 0 Å². The fourth-order valence-corrected chi connectivity index (χ4v) is 6.01. The summed E-state index contributed by atoms with van der Waals surface area (Å²) in [5.41, 5.74) is 4.11. The number of aromatic nitrogens is 4. The van der Waals surface area contributed by atoms with Crippen molar-refractivity contribution < 1.29 is 9.18 Å². The standard InChI is InChI=1S/C26H22BrFN6O2S/c27-17-9-5-15(6-10-17)20-13-22(16-7-11-18(28)12-8-16)34(32-20)23(35)14-37-26-31-30-25-29-24(36)19-3-1-2-4-21(19)33(25)26/h5-12,22H,1-4,13-14H2,(H,29,30,36). The Balaban J connectivity index is 1.29. The Labute approximate surface area is 224 Å². The van der Waals surface area contributed by atoms with E-state index in [0.717, 1.165) is 58.3 Å². The van der Waals surface area contributed by atoms with Crippen molar-refractivity contribution in [2.45, 2.75) is 43.3 Å². The van der Waals surface area contributed by atoms with Crippen molar-refractivity contribution in [3.8, 4) is 0 Å². The highest BCUT2D eigenvalue weighted by Crippen LogP contribution is 2.34. The summed E-state index contributed by atoms with van der Waals surface area (Å²) in [5.74, 6) is -0.0453. The van der Waals surface area contributed by atoms with Gasteiger partial charge in [-0.3, -0.25) is 19.0 Å². The summed E-state index contributed by atoms with van der Waals surface area (Å²) in [6, 6.07) is 13.6. The summed E-state index contributed by atoms with van der Waals surface area (Å²) in [6.45, 7) is 0. The van der Waals surface area contributed by atoms with E-state index in [-0.39, 0.29) is 29.1 Å². The summed E-state index contributed by atoms with van der Waals surface area (Å²) in [5, 5.41) is 15.2. The summed E-state index contributed by atoms with van der Waals surface area (Å²) in [7, 11) is 0. The molecule has 1 N–H and O–H groups in total. The lowest BCUT2D eigenvalue weighted by molar-refractivity contribution is -0.130. The lowest BCUT2D eigenvalue weighted by Gasteiger charge is -2.22. The molecule has 0 spiro atoms. The Morgan fingerprint density at radius 3 is 2.62 bits per heavy atom. The van der Waals surface area contributed by atoms with E-state index in [1.54, 1.807) is 12.1 Å². The van der Waals surface area contributed by atoms with Gasteiger partial charge in [-0.2, -0.15) is 5.10 Å². The Hall–Kier alpha value is -3.31. The lowest BCUT2D eigenvalue weighted by atomic mass is 9.97. The average molecular weight is 581 g/mol. The third-order valence-electron chi connectivity index (χ3n) is 6.76. The van der Waals surface area contributed by atoms with Crippen LogP contribution in [0.5, 0.6) is 0 Å². The van der Waals surface area contributed by atoms with Gasteiger partial charge in [0.05, 0.1) is 17.5 Å². The minimum atomic E-state index is -0.341. The van der Waals surface area contributed by atoms with Gasteiger partial charge in [0, 0.05) is 22.2 Å². The molecule has 1 aliphatic carbocycles. The number of thioether (sulfide) groups is 1. The molecule has 0 bridgehead atoms. The fourth-order valence-electron chi connectivity index (χ4n) is 4.94. The number of rotatable bonds is 5. The molecule has 3 heterocycles. The number of hydrogen-bond acceptors (Lipinski definition) is 6. The summed E-state index contributed by atoms with van der Waals surface area (Å²) in [4.78, 5) is 28.8. The minimum Gasteiger partial charge on any atom is -0.290 e. The van der Waals surface area contributed by atoms with Crippen molar-refractivity contribution in [2.75, 3.05) is 5.75 Å². The van der Waals surface area contributed by atoms with Gasteiger partial charge < -0.3 is 0 Å². The quantitative estimate of drug-likeness (QED) is 0.346. The van der Waals surface area contributed by atoms with Crippen LogP contribution in [0.3, 0.4) is 0 Å². The van der Waals surface area contributed by atoms with Gasteiger partial charge in [-0.15, -0.1) is 10.2 Å². The smallest absolute Gasteiger partial charge is 0.255 e. The second-order valence-electron chi connectivity index (χ2n) is 9.08. The zero-order valence-corrected chi connectivity index (χ0v) is 22.1. The highest BCUT2D eigenvalue weighted by Gasteiger charge is 2.33. The predicted molar refractivity (Wildman–Crippen MR) is 142 cm³/mol. The SMILES string of the molecule is O=C(CSc1nnc2[nH]c(=O)c3c(n12)CCCC3)N1N=C(c2ccc(Br)cc2)CC1c1ccc(F)cc1. The van der Waals surface area contributed by atoms with Crippen LogP contribution in [0, 0.1) is 5.82 Å². The molecule has 6 rings (SSSR count). The number of H-pyrrole nitrogens is 1. The fraction of sp³-hybridized carbons (Fsp3) is 0.269. The van der Waals surface area contributed by atoms with Gasteiger partial charge >= 0.3 is 0 Å². The third-order valence-corrected chi connectivity index (χ3v) is 8.21. The first-order valence-electron chi connectivity index (χ1n) is 12.0. The van der Waals surface area contributed by atoms with E-state index in [2.05, 4.69) is 31.1 Å². The van der Waals surface area contributed by atoms with Crippen molar-refractivity contribution in [3.63, 3.8) is 0 Å². The van der Waals surface area contributed by atoms with Crippen LogP contribution in [-0.2, 0) is 17.6 Å². The molecule has 37 heavy (non-hydrogen) atoms. The van der Waals surface area contributed by atoms with Crippen molar-refractivity contribution >= 4 is 45.1 Å². The zero-order valence-electron chi connectivity index (χ0n) is 19.7. The largest absolute Gasteiger partial charge is 0.290 e. The number of hydrazone groups is 1. The van der Waals surface area contributed by atoms with Crippen LogP contribution in [0.25, 0.3) is 5.78 Å². The zero-order chi connectivity index (χ0) is 25.5. The van der Waals surface area contributed by atoms with Gasteiger partial charge in [0.1, 0.15) is 5.82 Å². The molecular formula is C26H22BrFN6O2S. The van der Waals surface area contributed by atoms with Crippen molar-refractivity contribution in [1.82, 2.24) is 24.6 Å². The number of nitrogens with one attached hydrogen (secondary N) is 1. The van der Waals surface area contributed by atoms with Crippen molar-refractivity contribution in [3.05, 3.63) is 91.6 Å². The van der Waals surface area contributed by atoms with E-state index in [9.17, 15) is 14.0 Å². The lowest BCUT2D eigenvalue weighted by Crippen LogP contribution is -2.28. The number of benzene rings is 2. The molecule has 8 nitrogen and oxygen atoms in total. The molecule has 0 radical (unpaired) electrons. The third kappa shape index (κ3) is 4.61. The van der Waals surface area contributed by atoms with Crippen LogP contribution in [0.1, 0.15) is 47.7 Å². The molecule has 4 aromatic rings. The Bertz CT molecular complexity index is 1580. The molecule has 188 valence electrons. The maximum absolute atomic E-state index is 13.6. The Kier molecular flexibility index (Phi) is 6.41. The number of carbonyl (C=O) groups excluding carboxylic acids is 1.